The first-order valence-corrected chi connectivity index (χ1v) is 8.14. The van der Waals surface area contributed by atoms with Crippen LogP contribution in [0.15, 0.2) is 47.1 Å². The fourth-order valence-electron chi connectivity index (χ4n) is 2.59. The number of benzene rings is 1. The predicted molar refractivity (Wildman–Crippen MR) is 92.3 cm³/mol. The molecular weight excluding hydrogens is 327 g/mol. The van der Waals surface area contributed by atoms with Gasteiger partial charge in [-0.2, -0.15) is 0 Å². The summed E-state index contributed by atoms with van der Waals surface area (Å²) in [6, 6.07) is 10.2. The van der Waals surface area contributed by atoms with Gasteiger partial charge >= 0.3 is 0 Å². The first kappa shape index (κ1) is 16.6. The summed E-state index contributed by atoms with van der Waals surface area (Å²) >= 11 is 5.53. The Morgan fingerprint density at radius 2 is 2.00 bits per heavy atom. The van der Waals surface area contributed by atoms with E-state index in [-0.39, 0.29) is 5.82 Å². The van der Waals surface area contributed by atoms with Crippen LogP contribution in [0.25, 0.3) is 11.6 Å². The molecule has 0 atom stereocenters. The van der Waals surface area contributed by atoms with E-state index >= 15 is 0 Å². The maximum Gasteiger partial charge on any atom is 0.199 e. The molecule has 0 aliphatic heterocycles. The summed E-state index contributed by atoms with van der Waals surface area (Å²) in [4.78, 5) is 2.07. The summed E-state index contributed by atoms with van der Waals surface area (Å²) in [5, 5.41) is 4.60. The molecule has 3 rings (SSSR count). The molecule has 0 N–H and O–H groups in total. The third kappa shape index (κ3) is 3.47. The van der Waals surface area contributed by atoms with Crippen LogP contribution in [0.2, 0.25) is 0 Å². The van der Waals surface area contributed by atoms with Gasteiger partial charge < -0.3 is 4.42 Å². The van der Waals surface area contributed by atoms with Crippen LogP contribution in [-0.2, 0) is 19.8 Å². The van der Waals surface area contributed by atoms with Gasteiger partial charge in [0.2, 0.25) is 0 Å². The zero-order chi connectivity index (χ0) is 17.1. The van der Waals surface area contributed by atoms with Crippen molar-refractivity contribution in [3.63, 3.8) is 0 Å². The lowest BCUT2D eigenvalue weighted by atomic mass is 10.2. The Kier molecular flexibility index (Phi) is 4.92. The van der Waals surface area contributed by atoms with Crippen LogP contribution in [-0.4, -0.2) is 26.3 Å². The van der Waals surface area contributed by atoms with E-state index in [1.54, 1.807) is 23.1 Å². The van der Waals surface area contributed by atoms with Gasteiger partial charge in [0.1, 0.15) is 5.82 Å². The maximum absolute atomic E-state index is 13.0. The average molecular weight is 346 g/mol. The normalized spacial score (nSPS) is 11.3. The van der Waals surface area contributed by atoms with Gasteiger partial charge in [-0.15, -0.1) is 5.10 Å². The van der Waals surface area contributed by atoms with Crippen molar-refractivity contribution in [1.82, 2.24) is 19.2 Å². The molecule has 0 radical (unpaired) electrons. The van der Waals surface area contributed by atoms with E-state index in [2.05, 4.69) is 10.00 Å². The van der Waals surface area contributed by atoms with Crippen molar-refractivity contribution in [2.45, 2.75) is 26.7 Å². The van der Waals surface area contributed by atoms with Crippen LogP contribution in [0.1, 0.15) is 12.5 Å². The minimum atomic E-state index is -0.228. The lowest BCUT2D eigenvalue weighted by Crippen LogP contribution is -2.22. The zero-order valence-corrected chi connectivity index (χ0v) is 14.5. The molecule has 0 amide bonds. The molecular formula is C17H19FN4OS. The van der Waals surface area contributed by atoms with E-state index in [0.29, 0.717) is 23.7 Å². The smallest absolute Gasteiger partial charge is 0.199 e. The molecule has 1 aromatic carbocycles. The highest BCUT2D eigenvalue weighted by molar-refractivity contribution is 7.71. The highest BCUT2D eigenvalue weighted by Crippen LogP contribution is 2.19. The molecule has 0 bridgehead atoms. The SMILES string of the molecule is CCn1c(-c2ccco2)nn(CN(C)Cc2ccc(F)cc2)c1=S. The minimum absolute atomic E-state index is 0.228. The van der Waals surface area contributed by atoms with Crippen LogP contribution in [0.4, 0.5) is 4.39 Å². The van der Waals surface area contributed by atoms with Crippen molar-refractivity contribution in [3.8, 4) is 11.6 Å². The second-order valence-electron chi connectivity index (χ2n) is 5.61. The van der Waals surface area contributed by atoms with Crippen LogP contribution in [0.3, 0.4) is 0 Å². The van der Waals surface area contributed by atoms with E-state index in [0.717, 1.165) is 17.9 Å². The Labute approximate surface area is 144 Å². The van der Waals surface area contributed by atoms with Crippen LogP contribution < -0.4 is 0 Å². The molecule has 5 nitrogen and oxygen atoms in total. The number of furan rings is 1. The van der Waals surface area contributed by atoms with Crippen LogP contribution in [0, 0.1) is 10.6 Å². The van der Waals surface area contributed by atoms with Gasteiger partial charge in [0.25, 0.3) is 0 Å². The Balaban J connectivity index is 1.79. The molecule has 126 valence electrons. The average Bonchev–Trinajstić information content (AvgIpc) is 3.18. The van der Waals surface area contributed by atoms with Gasteiger partial charge in [0.05, 0.1) is 12.9 Å². The van der Waals surface area contributed by atoms with Crippen molar-refractivity contribution < 1.29 is 8.81 Å². The second-order valence-corrected chi connectivity index (χ2v) is 5.97. The van der Waals surface area contributed by atoms with E-state index in [9.17, 15) is 4.39 Å². The van der Waals surface area contributed by atoms with Crippen molar-refractivity contribution in [1.29, 1.82) is 0 Å². The number of rotatable bonds is 6. The first-order chi connectivity index (χ1) is 11.6. The number of halogens is 1. The summed E-state index contributed by atoms with van der Waals surface area (Å²) < 4.78 is 22.8. The topological polar surface area (TPSA) is 39.1 Å². The van der Waals surface area contributed by atoms with Gasteiger partial charge in [-0.3, -0.25) is 9.47 Å². The minimum Gasteiger partial charge on any atom is -0.461 e. The molecule has 0 aliphatic rings. The highest BCUT2D eigenvalue weighted by atomic mass is 32.1. The molecule has 0 saturated carbocycles. The van der Waals surface area contributed by atoms with Crippen molar-refractivity contribution in [3.05, 3.63) is 58.8 Å². The number of aromatic nitrogens is 3. The fourth-order valence-corrected chi connectivity index (χ4v) is 2.90. The van der Waals surface area contributed by atoms with E-state index in [4.69, 9.17) is 16.6 Å². The number of hydrogen-bond acceptors (Lipinski definition) is 4. The molecule has 0 spiro atoms. The molecule has 3 aromatic rings. The quantitative estimate of drug-likeness (QED) is 0.634. The first-order valence-electron chi connectivity index (χ1n) is 7.73. The molecule has 2 aromatic heterocycles. The monoisotopic (exact) mass is 346 g/mol. The molecule has 24 heavy (non-hydrogen) atoms. The highest BCUT2D eigenvalue weighted by Gasteiger charge is 2.14. The van der Waals surface area contributed by atoms with Gasteiger partial charge in [0.15, 0.2) is 16.4 Å². The van der Waals surface area contributed by atoms with Crippen LogP contribution in [0.5, 0.6) is 0 Å². The van der Waals surface area contributed by atoms with Gasteiger partial charge in [-0.1, -0.05) is 12.1 Å². The van der Waals surface area contributed by atoms with Crippen LogP contribution >= 0.6 is 12.2 Å². The Bertz CT molecular complexity index is 852. The lowest BCUT2D eigenvalue weighted by molar-refractivity contribution is 0.243. The largest absolute Gasteiger partial charge is 0.461 e. The van der Waals surface area contributed by atoms with Crippen molar-refractivity contribution in [2.75, 3.05) is 7.05 Å². The molecule has 0 unspecified atom stereocenters. The summed E-state index contributed by atoms with van der Waals surface area (Å²) in [5.74, 6) is 1.19. The third-order valence-electron chi connectivity index (χ3n) is 3.72. The van der Waals surface area contributed by atoms with Gasteiger partial charge in [-0.05, 0) is 56.0 Å². The number of nitrogens with zero attached hydrogens (tertiary/aromatic N) is 4. The predicted octanol–water partition coefficient (Wildman–Crippen LogP) is 3.92. The van der Waals surface area contributed by atoms with E-state index in [1.807, 2.05) is 30.7 Å². The van der Waals surface area contributed by atoms with E-state index in [1.165, 1.54) is 12.1 Å². The molecule has 2 heterocycles. The summed E-state index contributed by atoms with van der Waals surface area (Å²) in [5.41, 5.74) is 1.03. The Morgan fingerprint density at radius 1 is 1.25 bits per heavy atom. The summed E-state index contributed by atoms with van der Waals surface area (Å²) in [6.07, 6.45) is 1.62. The lowest BCUT2D eigenvalue weighted by Gasteiger charge is -2.16. The summed E-state index contributed by atoms with van der Waals surface area (Å²) in [7, 11) is 1.97. The van der Waals surface area contributed by atoms with Crippen molar-refractivity contribution >= 4 is 12.2 Å². The number of hydrogen-bond donors (Lipinski definition) is 0. The maximum atomic E-state index is 13.0. The van der Waals surface area contributed by atoms with Crippen molar-refractivity contribution in [2.24, 2.45) is 0 Å². The summed E-state index contributed by atoms with van der Waals surface area (Å²) in [6.45, 7) is 3.96. The molecule has 0 aliphatic carbocycles. The fraction of sp³-hybridized carbons (Fsp3) is 0.294. The molecule has 0 fully saturated rings. The molecule has 0 saturated heterocycles. The van der Waals surface area contributed by atoms with E-state index < -0.39 is 0 Å². The Hall–Kier alpha value is -2.25. The second kappa shape index (κ2) is 7.11. The third-order valence-corrected chi connectivity index (χ3v) is 4.15. The Morgan fingerprint density at radius 3 is 2.62 bits per heavy atom. The zero-order valence-electron chi connectivity index (χ0n) is 13.6. The van der Waals surface area contributed by atoms with Gasteiger partial charge in [-0.25, -0.2) is 9.07 Å². The standard InChI is InChI=1S/C17H19FN4OS/c1-3-21-16(15-5-4-10-23-15)19-22(17(21)24)12-20(2)11-13-6-8-14(18)9-7-13/h4-10H,3,11-12H2,1-2H3. The van der Waals surface area contributed by atoms with Gasteiger partial charge in [0, 0.05) is 13.1 Å². The molecule has 7 heteroatoms.